The van der Waals surface area contributed by atoms with Gasteiger partial charge in [-0.15, -0.1) is 0 Å². The molecular formula is C13H14Cl2N4S. The summed E-state index contributed by atoms with van der Waals surface area (Å²) in [5, 5.41) is 12.2. The van der Waals surface area contributed by atoms with Crippen molar-refractivity contribution in [1.82, 2.24) is 15.1 Å². The minimum atomic E-state index is 0.550. The average Bonchev–Trinajstić information content (AvgIpc) is 2.80. The number of hydrogen-bond acceptors (Lipinski definition) is 2. The standard InChI is InChI=1S/C13H14Cl2N4S/c1-9-2-3-10(14)6-12(9)18-13(20)16-4-5-19-8-11(15)7-17-19/h2-3,6-8H,4-5H2,1H3,(H2,16,18,20). The molecule has 0 bridgehead atoms. The third kappa shape index (κ3) is 4.37. The summed E-state index contributed by atoms with van der Waals surface area (Å²) in [5.74, 6) is 0. The lowest BCUT2D eigenvalue weighted by molar-refractivity contribution is 0.604. The van der Waals surface area contributed by atoms with Gasteiger partial charge in [-0.2, -0.15) is 5.10 Å². The fourth-order valence-corrected chi connectivity index (χ4v) is 2.18. The third-order valence-corrected chi connectivity index (χ3v) is 3.35. The number of thiocarbonyl (C=S) groups is 1. The number of hydrogen-bond donors (Lipinski definition) is 2. The molecule has 106 valence electrons. The summed E-state index contributed by atoms with van der Waals surface area (Å²) in [7, 11) is 0. The lowest BCUT2D eigenvalue weighted by Crippen LogP contribution is -2.31. The first-order valence-electron chi connectivity index (χ1n) is 6.03. The van der Waals surface area contributed by atoms with Gasteiger partial charge in [-0.05, 0) is 36.8 Å². The Balaban J connectivity index is 1.82. The summed E-state index contributed by atoms with van der Waals surface area (Å²) in [6.45, 7) is 3.33. The Hall–Kier alpha value is -1.30. The number of halogens is 2. The van der Waals surface area contributed by atoms with Crippen molar-refractivity contribution in [2.75, 3.05) is 11.9 Å². The highest BCUT2D eigenvalue weighted by Gasteiger charge is 2.02. The molecule has 7 heteroatoms. The van der Waals surface area contributed by atoms with Crippen molar-refractivity contribution < 1.29 is 0 Å². The summed E-state index contributed by atoms with van der Waals surface area (Å²) in [6.07, 6.45) is 3.37. The minimum absolute atomic E-state index is 0.550. The molecule has 0 saturated heterocycles. The molecule has 0 saturated carbocycles. The summed E-state index contributed by atoms with van der Waals surface area (Å²) in [5.41, 5.74) is 1.98. The number of nitrogens with one attached hydrogen (secondary N) is 2. The number of benzene rings is 1. The van der Waals surface area contributed by atoms with Gasteiger partial charge in [0.15, 0.2) is 5.11 Å². The predicted molar refractivity (Wildman–Crippen MR) is 87.6 cm³/mol. The second kappa shape index (κ2) is 6.92. The molecule has 0 amide bonds. The highest BCUT2D eigenvalue weighted by Crippen LogP contribution is 2.19. The van der Waals surface area contributed by atoms with Crippen LogP contribution in [0.25, 0.3) is 0 Å². The van der Waals surface area contributed by atoms with Crippen LogP contribution in [-0.2, 0) is 6.54 Å². The first kappa shape index (κ1) is 15.1. The van der Waals surface area contributed by atoms with Crippen molar-refractivity contribution in [2.45, 2.75) is 13.5 Å². The molecule has 4 nitrogen and oxygen atoms in total. The maximum absolute atomic E-state index is 5.96. The highest BCUT2D eigenvalue weighted by molar-refractivity contribution is 7.80. The average molecular weight is 329 g/mol. The van der Waals surface area contributed by atoms with E-state index >= 15 is 0 Å². The molecule has 0 aliphatic rings. The Kier molecular flexibility index (Phi) is 5.23. The molecule has 2 aromatic rings. The SMILES string of the molecule is Cc1ccc(Cl)cc1NC(=S)NCCn1cc(Cl)cn1. The van der Waals surface area contributed by atoms with Crippen molar-refractivity contribution in [2.24, 2.45) is 0 Å². The van der Waals surface area contributed by atoms with Gasteiger partial charge in [0.1, 0.15) is 0 Å². The topological polar surface area (TPSA) is 41.9 Å². The van der Waals surface area contributed by atoms with Crippen LogP contribution in [0.1, 0.15) is 5.56 Å². The molecule has 2 N–H and O–H groups in total. The lowest BCUT2D eigenvalue weighted by atomic mass is 10.2. The van der Waals surface area contributed by atoms with Gasteiger partial charge in [0.05, 0.1) is 17.8 Å². The van der Waals surface area contributed by atoms with Crippen LogP contribution in [0.3, 0.4) is 0 Å². The van der Waals surface area contributed by atoms with E-state index in [9.17, 15) is 0 Å². The Morgan fingerprint density at radius 3 is 2.85 bits per heavy atom. The molecule has 20 heavy (non-hydrogen) atoms. The minimum Gasteiger partial charge on any atom is -0.361 e. The molecule has 0 fully saturated rings. The summed E-state index contributed by atoms with van der Waals surface area (Å²) in [4.78, 5) is 0. The van der Waals surface area contributed by atoms with Gasteiger partial charge in [-0.25, -0.2) is 0 Å². The molecule has 0 atom stereocenters. The summed E-state index contributed by atoms with van der Waals surface area (Å²) >= 11 is 17.0. The molecule has 0 aliphatic heterocycles. The Labute approximate surface area is 133 Å². The lowest BCUT2D eigenvalue weighted by Gasteiger charge is -2.12. The van der Waals surface area contributed by atoms with Crippen LogP contribution in [0.4, 0.5) is 5.69 Å². The zero-order chi connectivity index (χ0) is 14.5. The van der Waals surface area contributed by atoms with E-state index in [-0.39, 0.29) is 0 Å². The van der Waals surface area contributed by atoms with Crippen LogP contribution >= 0.6 is 35.4 Å². The molecule has 0 spiro atoms. The quantitative estimate of drug-likeness (QED) is 0.843. The zero-order valence-electron chi connectivity index (χ0n) is 10.9. The second-order valence-electron chi connectivity index (χ2n) is 4.26. The number of rotatable bonds is 4. The van der Waals surface area contributed by atoms with E-state index < -0.39 is 0 Å². The van der Waals surface area contributed by atoms with Crippen LogP contribution in [0.2, 0.25) is 10.0 Å². The van der Waals surface area contributed by atoms with Crippen molar-refractivity contribution in [3.8, 4) is 0 Å². The second-order valence-corrected chi connectivity index (χ2v) is 5.54. The van der Waals surface area contributed by atoms with Crippen LogP contribution < -0.4 is 10.6 Å². The van der Waals surface area contributed by atoms with Gasteiger partial charge >= 0.3 is 0 Å². The van der Waals surface area contributed by atoms with E-state index in [0.29, 0.717) is 28.2 Å². The van der Waals surface area contributed by atoms with Gasteiger partial charge in [-0.3, -0.25) is 4.68 Å². The highest BCUT2D eigenvalue weighted by atomic mass is 35.5. The predicted octanol–water partition coefficient (Wildman–Crippen LogP) is 3.48. The molecule has 1 aromatic carbocycles. The Morgan fingerprint density at radius 1 is 1.35 bits per heavy atom. The first-order valence-corrected chi connectivity index (χ1v) is 7.20. The smallest absolute Gasteiger partial charge is 0.170 e. The van der Waals surface area contributed by atoms with E-state index in [2.05, 4.69) is 15.7 Å². The van der Waals surface area contributed by atoms with E-state index in [1.165, 1.54) is 0 Å². The van der Waals surface area contributed by atoms with Crippen molar-refractivity contribution >= 4 is 46.2 Å². The van der Waals surface area contributed by atoms with Crippen LogP contribution in [-0.4, -0.2) is 21.4 Å². The number of aryl methyl sites for hydroxylation is 1. The molecule has 0 unspecified atom stereocenters. The monoisotopic (exact) mass is 328 g/mol. The van der Waals surface area contributed by atoms with E-state index in [0.717, 1.165) is 11.3 Å². The maximum atomic E-state index is 5.96. The first-order chi connectivity index (χ1) is 9.54. The van der Waals surface area contributed by atoms with Crippen LogP contribution in [0, 0.1) is 6.92 Å². The molecule has 0 aliphatic carbocycles. The van der Waals surface area contributed by atoms with E-state index in [4.69, 9.17) is 35.4 Å². The molecule has 0 radical (unpaired) electrons. The summed E-state index contributed by atoms with van der Waals surface area (Å²) < 4.78 is 1.75. The number of aromatic nitrogens is 2. The third-order valence-electron chi connectivity index (χ3n) is 2.68. The van der Waals surface area contributed by atoms with Gasteiger partial charge in [0.25, 0.3) is 0 Å². The summed E-state index contributed by atoms with van der Waals surface area (Å²) in [6, 6.07) is 5.64. The molecular weight excluding hydrogens is 315 g/mol. The fraction of sp³-hybridized carbons (Fsp3) is 0.231. The van der Waals surface area contributed by atoms with Crippen molar-refractivity contribution in [1.29, 1.82) is 0 Å². The fourth-order valence-electron chi connectivity index (χ4n) is 1.64. The Bertz CT molecular complexity index is 612. The van der Waals surface area contributed by atoms with Crippen LogP contribution in [0.15, 0.2) is 30.6 Å². The van der Waals surface area contributed by atoms with E-state index in [1.807, 2.05) is 25.1 Å². The van der Waals surface area contributed by atoms with Gasteiger partial charge in [0.2, 0.25) is 0 Å². The van der Waals surface area contributed by atoms with Gasteiger partial charge < -0.3 is 10.6 Å². The number of anilines is 1. The molecule has 2 rings (SSSR count). The van der Waals surface area contributed by atoms with Gasteiger partial charge in [-0.1, -0.05) is 29.3 Å². The maximum Gasteiger partial charge on any atom is 0.170 e. The number of nitrogens with zero attached hydrogens (tertiary/aromatic N) is 2. The molecule has 1 heterocycles. The van der Waals surface area contributed by atoms with Crippen molar-refractivity contribution in [3.05, 3.63) is 46.2 Å². The van der Waals surface area contributed by atoms with Crippen molar-refractivity contribution in [3.63, 3.8) is 0 Å². The largest absolute Gasteiger partial charge is 0.361 e. The molecule has 1 aromatic heterocycles. The zero-order valence-corrected chi connectivity index (χ0v) is 13.2. The van der Waals surface area contributed by atoms with E-state index in [1.54, 1.807) is 17.1 Å². The Morgan fingerprint density at radius 2 is 2.15 bits per heavy atom. The van der Waals surface area contributed by atoms with Crippen LogP contribution in [0.5, 0.6) is 0 Å². The normalized spacial score (nSPS) is 10.3. The van der Waals surface area contributed by atoms with Gasteiger partial charge in [0, 0.05) is 23.5 Å².